The van der Waals surface area contributed by atoms with Crippen LogP contribution in [0.25, 0.3) is 10.8 Å². The van der Waals surface area contributed by atoms with Gasteiger partial charge in [0, 0.05) is 16.0 Å². The molecule has 1 heterocycles. The van der Waals surface area contributed by atoms with Gasteiger partial charge in [0.1, 0.15) is 11.5 Å². The molecule has 0 bridgehead atoms. The summed E-state index contributed by atoms with van der Waals surface area (Å²) in [6, 6.07) is 21.0. The van der Waals surface area contributed by atoms with Gasteiger partial charge in [-0.05, 0) is 11.5 Å². The first kappa shape index (κ1) is 10.1. The van der Waals surface area contributed by atoms with Gasteiger partial charge in [-0.3, -0.25) is 0 Å². The van der Waals surface area contributed by atoms with Crippen molar-refractivity contribution in [2.75, 3.05) is 0 Å². The van der Waals surface area contributed by atoms with Gasteiger partial charge in [-0.1, -0.05) is 63.2 Å². The predicted octanol–water partition coefficient (Wildman–Crippen LogP) is 3.57. The Morgan fingerprint density at radius 3 is 2.56 bits per heavy atom. The third-order valence-electron chi connectivity index (χ3n) is 3.25. The molecule has 86 valence electrons. The number of fused-ring (bicyclic) bond motifs is 4. The van der Waals surface area contributed by atoms with E-state index in [9.17, 15) is 0 Å². The van der Waals surface area contributed by atoms with Crippen LogP contribution in [0.4, 0.5) is 0 Å². The first-order valence-corrected chi connectivity index (χ1v) is 6.97. The molecule has 0 aromatic heterocycles. The maximum Gasteiger partial charge on any atom is 0.142 e. The molecular formula is C16H11OP. The van der Waals surface area contributed by atoms with E-state index >= 15 is 0 Å². The second kappa shape index (κ2) is 3.83. The lowest BCUT2D eigenvalue weighted by atomic mass is 10.1. The molecule has 1 aliphatic heterocycles. The summed E-state index contributed by atoms with van der Waals surface area (Å²) < 4.78 is 6.10. The van der Waals surface area contributed by atoms with Gasteiger partial charge in [-0.25, -0.2) is 0 Å². The molecule has 1 nitrogen and oxygen atoms in total. The van der Waals surface area contributed by atoms with Crippen molar-refractivity contribution < 1.29 is 4.74 Å². The molecule has 0 saturated heterocycles. The van der Waals surface area contributed by atoms with Crippen LogP contribution in [-0.4, -0.2) is 0 Å². The number of para-hydroxylation sites is 1. The van der Waals surface area contributed by atoms with Crippen molar-refractivity contribution in [3.05, 3.63) is 60.7 Å². The van der Waals surface area contributed by atoms with Crippen molar-refractivity contribution in [1.29, 1.82) is 0 Å². The summed E-state index contributed by atoms with van der Waals surface area (Å²) in [6.45, 7) is 0. The van der Waals surface area contributed by atoms with Gasteiger partial charge in [-0.2, -0.15) is 0 Å². The Hall–Kier alpha value is -1.85. The second-order valence-corrected chi connectivity index (χ2v) is 5.71. The normalized spacial score (nSPS) is 14.0. The van der Waals surface area contributed by atoms with Crippen molar-refractivity contribution in [3.63, 3.8) is 0 Å². The summed E-state index contributed by atoms with van der Waals surface area (Å²) >= 11 is 0. The standard InChI is InChI=1S/C16H11OP/c1-2-6-12-11(5-1)9-10-15-16(12)17-13-7-3-4-8-14(13)18-15/h1-10,18H. The lowest BCUT2D eigenvalue weighted by molar-refractivity contribution is 0.494. The van der Waals surface area contributed by atoms with Crippen LogP contribution in [0.2, 0.25) is 0 Å². The van der Waals surface area contributed by atoms with E-state index in [0.29, 0.717) is 8.58 Å². The molecule has 0 radical (unpaired) electrons. The van der Waals surface area contributed by atoms with E-state index in [2.05, 4.69) is 48.5 Å². The molecule has 0 saturated carbocycles. The van der Waals surface area contributed by atoms with Crippen LogP contribution in [0, 0.1) is 0 Å². The second-order valence-electron chi connectivity index (χ2n) is 4.39. The monoisotopic (exact) mass is 250 g/mol. The number of ether oxygens (including phenoxy) is 1. The molecule has 3 aromatic rings. The lowest BCUT2D eigenvalue weighted by Gasteiger charge is -2.21. The van der Waals surface area contributed by atoms with Gasteiger partial charge in [0.05, 0.1) is 0 Å². The maximum atomic E-state index is 6.10. The lowest BCUT2D eigenvalue weighted by Crippen LogP contribution is -2.15. The Labute approximate surface area is 107 Å². The summed E-state index contributed by atoms with van der Waals surface area (Å²) in [4.78, 5) is 0. The van der Waals surface area contributed by atoms with Gasteiger partial charge in [0.2, 0.25) is 0 Å². The van der Waals surface area contributed by atoms with Gasteiger partial charge < -0.3 is 4.74 Å². The van der Waals surface area contributed by atoms with Crippen LogP contribution < -0.4 is 15.3 Å². The van der Waals surface area contributed by atoms with Gasteiger partial charge in [0.15, 0.2) is 0 Å². The van der Waals surface area contributed by atoms with Gasteiger partial charge >= 0.3 is 0 Å². The topological polar surface area (TPSA) is 9.23 Å². The molecule has 3 aromatic carbocycles. The van der Waals surface area contributed by atoms with Crippen LogP contribution in [0.15, 0.2) is 60.7 Å². The van der Waals surface area contributed by atoms with Crippen LogP contribution >= 0.6 is 8.58 Å². The minimum atomic E-state index is 0.682. The first-order valence-electron chi connectivity index (χ1n) is 5.97. The van der Waals surface area contributed by atoms with E-state index in [-0.39, 0.29) is 0 Å². The van der Waals surface area contributed by atoms with E-state index in [4.69, 9.17) is 4.74 Å². The van der Waals surface area contributed by atoms with Crippen LogP contribution in [0.3, 0.4) is 0 Å². The van der Waals surface area contributed by atoms with Crippen molar-refractivity contribution in [2.45, 2.75) is 0 Å². The third kappa shape index (κ3) is 1.45. The predicted molar refractivity (Wildman–Crippen MR) is 78.0 cm³/mol. The highest BCUT2D eigenvalue weighted by Crippen LogP contribution is 2.37. The molecule has 1 atom stereocenters. The summed E-state index contributed by atoms with van der Waals surface area (Å²) in [6.07, 6.45) is 0. The van der Waals surface area contributed by atoms with E-state index in [1.54, 1.807) is 0 Å². The summed E-state index contributed by atoms with van der Waals surface area (Å²) in [5.74, 6) is 2.03. The first-order chi connectivity index (χ1) is 8.92. The third-order valence-corrected chi connectivity index (χ3v) is 4.59. The fourth-order valence-electron chi connectivity index (χ4n) is 2.37. The maximum absolute atomic E-state index is 6.10. The largest absolute Gasteiger partial charge is 0.455 e. The zero-order valence-electron chi connectivity index (χ0n) is 9.68. The molecule has 0 amide bonds. The summed E-state index contributed by atoms with van der Waals surface area (Å²) in [5, 5.41) is 5.03. The molecule has 0 fully saturated rings. The highest BCUT2D eigenvalue weighted by atomic mass is 31.1. The van der Waals surface area contributed by atoms with Gasteiger partial charge in [-0.15, -0.1) is 0 Å². The van der Waals surface area contributed by atoms with E-state index in [1.165, 1.54) is 21.4 Å². The smallest absolute Gasteiger partial charge is 0.142 e. The average molecular weight is 250 g/mol. The highest BCUT2D eigenvalue weighted by molar-refractivity contribution is 7.56. The number of benzene rings is 3. The van der Waals surface area contributed by atoms with Crippen molar-refractivity contribution >= 4 is 30.0 Å². The Kier molecular flexibility index (Phi) is 2.15. The molecule has 0 spiro atoms. The summed E-state index contributed by atoms with van der Waals surface area (Å²) in [7, 11) is 0.682. The Morgan fingerprint density at radius 1 is 0.722 bits per heavy atom. The highest BCUT2D eigenvalue weighted by Gasteiger charge is 2.18. The van der Waals surface area contributed by atoms with Gasteiger partial charge in [0.25, 0.3) is 0 Å². The number of hydrogen-bond acceptors (Lipinski definition) is 1. The Bertz CT molecular complexity index is 749. The molecule has 0 N–H and O–H groups in total. The molecule has 18 heavy (non-hydrogen) atoms. The van der Waals surface area contributed by atoms with Crippen LogP contribution in [0.5, 0.6) is 11.5 Å². The van der Waals surface area contributed by atoms with E-state index in [0.717, 1.165) is 11.5 Å². The molecular weight excluding hydrogens is 239 g/mol. The Morgan fingerprint density at radius 2 is 1.56 bits per heavy atom. The number of hydrogen-bond donors (Lipinski definition) is 0. The van der Waals surface area contributed by atoms with Crippen molar-refractivity contribution in [2.24, 2.45) is 0 Å². The summed E-state index contributed by atoms with van der Waals surface area (Å²) in [5.41, 5.74) is 0. The SMILES string of the molecule is c1ccc2c(c1)Oc1c(ccc3ccccc13)P2. The molecule has 0 aliphatic carbocycles. The molecule has 1 aliphatic rings. The quantitative estimate of drug-likeness (QED) is 0.433. The average Bonchev–Trinajstić information content (AvgIpc) is 2.45. The van der Waals surface area contributed by atoms with E-state index in [1.807, 2.05) is 12.1 Å². The fraction of sp³-hybridized carbons (Fsp3) is 0. The minimum absolute atomic E-state index is 0.682. The molecule has 1 unspecified atom stereocenters. The van der Waals surface area contributed by atoms with Crippen LogP contribution in [-0.2, 0) is 0 Å². The minimum Gasteiger partial charge on any atom is -0.455 e. The molecule has 4 rings (SSSR count). The zero-order valence-corrected chi connectivity index (χ0v) is 10.7. The van der Waals surface area contributed by atoms with Crippen molar-refractivity contribution in [1.82, 2.24) is 0 Å². The zero-order chi connectivity index (χ0) is 11.9. The molecule has 2 heteroatoms. The number of rotatable bonds is 0. The fourth-order valence-corrected chi connectivity index (χ4v) is 3.56. The van der Waals surface area contributed by atoms with E-state index < -0.39 is 0 Å². The Balaban J connectivity index is 1.98. The van der Waals surface area contributed by atoms with Crippen molar-refractivity contribution in [3.8, 4) is 11.5 Å². The van der Waals surface area contributed by atoms with Crippen LogP contribution in [0.1, 0.15) is 0 Å².